The fourth-order valence-corrected chi connectivity index (χ4v) is 3.72. The standard InChI is InChI=1S/C14H29IO3Si/c1-13(2,3)19(4,5)18-12-8-14(7-9-15)16-10-6-11-17-14/h6-12H2,1-5H3. The Bertz CT molecular complexity index is 265. The maximum Gasteiger partial charge on any atom is 0.191 e. The Labute approximate surface area is 133 Å². The first-order valence-corrected chi connectivity index (χ1v) is 11.6. The lowest BCUT2D eigenvalue weighted by atomic mass is 10.1. The summed E-state index contributed by atoms with van der Waals surface area (Å²) in [5, 5.41) is 0.262. The average Bonchev–Trinajstić information content (AvgIpc) is 2.28. The van der Waals surface area contributed by atoms with Gasteiger partial charge in [0.25, 0.3) is 0 Å². The van der Waals surface area contributed by atoms with Crippen molar-refractivity contribution in [3.8, 4) is 0 Å². The smallest absolute Gasteiger partial charge is 0.191 e. The topological polar surface area (TPSA) is 27.7 Å². The van der Waals surface area contributed by atoms with Gasteiger partial charge in [-0.05, 0) is 24.6 Å². The van der Waals surface area contributed by atoms with Gasteiger partial charge in [-0.15, -0.1) is 0 Å². The third kappa shape index (κ3) is 5.26. The molecule has 1 aliphatic heterocycles. The van der Waals surface area contributed by atoms with Crippen molar-refractivity contribution < 1.29 is 13.9 Å². The average molecular weight is 400 g/mol. The minimum atomic E-state index is -1.66. The molecule has 0 radical (unpaired) electrons. The van der Waals surface area contributed by atoms with Gasteiger partial charge in [0.05, 0.1) is 13.2 Å². The Morgan fingerprint density at radius 3 is 2.21 bits per heavy atom. The van der Waals surface area contributed by atoms with E-state index in [1.54, 1.807) is 0 Å². The first kappa shape index (κ1) is 17.9. The van der Waals surface area contributed by atoms with E-state index in [1.807, 2.05) is 0 Å². The lowest BCUT2D eigenvalue weighted by Crippen LogP contribution is -2.45. The minimum absolute atomic E-state index is 0.262. The lowest BCUT2D eigenvalue weighted by molar-refractivity contribution is -0.272. The van der Waals surface area contributed by atoms with Crippen molar-refractivity contribution in [2.45, 2.75) is 64.0 Å². The highest BCUT2D eigenvalue weighted by Gasteiger charge is 2.39. The molecule has 5 heteroatoms. The molecule has 0 aromatic heterocycles. The van der Waals surface area contributed by atoms with Gasteiger partial charge in [-0.1, -0.05) is 43.4 Å². The summed E-state index contributed by atoms with van der Waals surface area (Å²) in [5.74, 6) is -0.387. The minimum Gasteiger partial charge on any atom is -0.417 e. The van der Waals surface area contributed by atoms with E-state index in [0.29, 0.717) is 0 Å². The van der Waals surface area contributed by atoms with Crippen LogP contribution in [0.15, 0.2) is 0 Å². The van der Waals surface area contributed by atoms with Gasteiger partial charge in [0.15, 0.2) is 14.1 Å². The fraction of sp³-hybridized carbons (Fsp3) is 1.00. The second-order valence-corrected chi connectivity index (χ2v) is 12.6. The highest BCUT2D eigenvalue weighted by Crippen LogP contribution is 2.37. The van der Waals surface area contributed by atoms with Gasteiger partial charge < -0.3 is 13.9 Å². The molecule has 0 aromatic rings. The van der Waals surface area contributed by atoms with Gasteiger partial charge in [0.1, 0.15) is 0 Å². The quantitative estimate of drug-likeness (QED) is 0.377. The maximum atomic E-state index is 6.24. The summed E-state index contributed by atoms with van der Waals surface area (Å²) in [6, 6.07) is 0. The van der Waals surface area contributed by atoms with Crippen LogP contribution in [0.25, 0.3) is 0 Å². The Morgan fingerprint density at radius 1 is 1.16 bits per heavy atom. The Hall–Kier alpha value is 0.827. The molecule has 0 amide bonds. The van der Waals surface area contributed by atoms with Crippen LogP contribution in [0, 0.1) is 0 Å². The predicted molar refractivity (Wildman–Crippen MR) is 90.5 cm³/mol. The van der Waals surface area contributed by atoms with E-state index < -0.39 is 8.32 Å². The summed E-state index contributed by atoms with van der Waals surface area (Å²) in [5.41, 5.74) is 0. The molecule has 1 rings (SSSR count). The van der Waals surface area contributed by atoms with E-state index >= 15 is 0 Å². The first-order valence-electron chi connectivity index (χ1n) is 7.20. The molecule has 1 saturated heterocycles. The highest BCUT2D eigenvalue weighted by atomic mass is 127. The van der Waals surface area contributed by atoms with Crippen LogP contribution < -0.4 is 0 Å². The zero-order chi connectivity index (χ0) is 14.6. The molecule has 0 unspecified atom stereocenters. The number of halogens is 1. The van der Waals surface area contributed by atoms with Gasteiger partial charge in [-0.25, -0.2) is 0 Å². The van der Waals surface area contributed by atoms with Crippen molar-refractivity contribution in [2.24, 2.45) is 0 Å². The van der Waals surface area contributed by atoms with Gasteiger partial charge in [-0.3, -0.25) is 0 Å². The SMILES string of the molecule is CC(C)(C)[Si](C)(C)OCCC1(CCI)OCCCO1. The molecule has 0 aromatic carbocycles. The van der Waals surface area contributed by atoms with Gasteiger partial charge in [0.2, 0.25) is 0 Å². The summed E-state index contributed by atoms with van der Waals surface area (Å²) >= 11 is 2.39. The number of rotatable bonds is 6. The normalized spacial score (nSPS) is 20.5. The Balaban J connectivity index is 2.49. The summed E-state index contributed by atoms with van der Waals surface area (Å²) in [7, 11) is -1.66. The van der Waals surface area contributed by atoms with Gasteiger partial charge >= 0.3 is 0 Å². The molecular formula is C14H29IO3Si. The number of alkyl halides is 1. The molecule has 114 valence electrons. The van der Waals surface area contributed by atoms with Gasteiger partial charge in [0, 0.05) is 23.9 Å². The van der Waals surface area contributed by atoms with Crippen molar-refractivity contribution in [3.63, 3.8) is 0 Å². The van der Waals surface area contributed by atoms with E-state index in [-0.39, 0.29) is 10.8 Å². The number of hydrogen-bond donors (Lipinski definition) is 0. The van der Waals surface area contributed by atoms with Crippen molar-refractivity contribution in [1.29, 1.82) is 0 Å². The van der Waals surface area contributed by atoms with Crippen LogP contribution in [0.5, 0.6) is 0 Å². The molecule has 19 heavy (non-hydrogen) atoms. The van der Waals surface area contributed by atoms with Crippen LogP contribution in [-0.2, 0) is 13.9 Å². The molecule has 0 N–H and O–H groups in total. The van der Waals surface area contributed by atoms with Crippen LogP contribution in [-0.4, -0.2) is 38.4 Å². The van der Waals surface area contributed by atoms with Crippen LogP contribution >= 0.6 is 22.6 Å². The molecule has 0 aliphatic carbocycles. The molecule has 1 aliphatic rings. The van der Waals surface area contributed by atoms with E-state index in [4.69, 9.17) is 13.9 Å². The zero-order valence-electron chi connectivity index (χ0n) is 13.1. The number of hydrogen-bond acceptors (Lipinski definition) is 3. The molecule has 0 bridgehead atoms. The van der Waals surface area contributed by atoms with Crippen LogP contribution in [0.3, 0.4) is 0 Å². The van der Waals surface area contributed by atoms with Gasteiger partial charge in [-0.2, -0.15) is 0 Å². The largest absolute Gasteiger partial charge is 0.417 e. The Kier molecular flexibility index (Phi) is 6.77. The third-order valence-corrected chi connectivity index (χ3v) is 9.32. The van der Waals surface area contributed by atoms with Crippen LogP contribution in [0.1, 0.15) is 40.0 Å². The lowest BCUT2D eigenvalue weighted by Gasteiger charge is -2.40. The van der Waals surface area contributed by atoms with Crippen molar-refractivity contribution in [1.82, 2.24) is 0 Å². The van der Waals surface area contributed by atoms with Crippen LogP contribution in [0.2, 0.25) is 18.1 Å². The number of ether oxygens (including phenoxy) is 2. The fourth-order valence-electron chi connectivity index (χ4n) is 1.85. The molecular weight excluding hydrogens is 371 g/mol. The third-order valence-electron chi connectivity index (χ3n) is 4.25. The molecule has 0 atom stereocenters. The van der Waals surface area contributed by atoms with E-state index in [1.165, 1.54) is 0 Å². The molecule has 1 heterocycles. The Morgan fingerprint density at radius 2 is 1.74 bits per heavy atom. The van der Waals surface area contributed by atoms with E-state index in [9.17, 15) is 0 Å². The highest BCUT2D eigenvalue weighted by molar-refractivity contribution is 14.1. The zero-order valence-corrected chi connectivity index (χ0v) is 16.2. The van der Waals surface area contributed by atoms with Crippen molar-refractivity contribution in [3.05, 3.63) is 0 Å². The molecule has 1 fully saturated rings. The predicted octanol–water partition coefficient (Wildman–Crippen LogP) is 4.36. The van der Waals surface area contributed by atoms with Crippen molar-refractivity contribution >= 4 is 30.9 Å². The van der Waals surface area contributed by atoms with Crippen molar-refractivity contribution in [2.75, 3.05) is 24.2 Å². The molecule has 0 saturated carbocycles. The summed E-state index contributed by atoms with van der Waals surface area (Å²) < 4.78 is 19.1. The van der Waals surface area contributed by atoms with Crippen LogP contribution in [0.4, 0.5) is 0 Å². The van der Waals surface area contributed by atoms with E-state index in [2.05, 4.69) is 56.5 Å². The summed E-state index contributed by atoms with van der Waals surface area (Å²) in [6.07, 6.45) is 2.81. The van der Waals surface area contributed by atoms with E-state index in [0.717, 1.165) is 43.5 Å². The monoisotopic (exact) mass is 400 g/mol. The second kappa shape index (κ2) is 7.20. The molecule has 0 spiro atoms. The molecule has 3 nitrogen and oxygen atoms in total. The maximum absolute atomic E-state index is 6.24. The summed E-state index contributed by atoms with van der Waals surface area (Å²) in [4.78, 5) is 0. The first-order chi connectivity index (χ1) is 8.72. The summed E-state index contributed by atoms with van der Waals surface area (Å²) in [6.45, 7) is 13.8. The second-order valence-electron chi connectivity index (χ2n) is 6.76.